The second kappa shape index (κ2) is 6.14. The summed E-state index contributed by atoms with van der Waals surface area (Å²) in [5, 5.41) is 8.61. The predicted octanol–water partition coefficient (Wildman–Crippen LogP) is -1.55. The third-order valence-electron chi connectivity index (χ3n) is 1.45. The minimum Gasteiger partial charge on any atom is -1.00 e. The molecule has 0 spiro atoms. The van der Waals surface area contributed by atoms with Crippen molar-refractivity contribution in [2.75, 3.05) is 0 Å². The van der Waals surface area contributed by atoms with Crippen molar-refractivity contribution in [3.8, 4) is 0 Å². The van der Waals surface area contributed by atoms with Crippen molar-refractivity contribution >= 4 is 21.4 Å². The first kappa shape index (κ1) is 13.6. The number of carbonyl (C=O) groups is 2. The van der Waals surface area contributed by atoms with Gasteiger partial charge in [-0.15, -0.1) is 0 Å². The summed E-state index contributed by atoms with van der Waals surface area (Å²) in [5.41, 5.74) is 0.280. The third-order valence-corrected chi connectivity index (χ3v) is 1.67. The first-order valence-corrected chi connectivity index (χ1v) is 3.86. The molecule has 0 radical (unpaired) electrons. The van der Waals surface area contributed by atoms with Crippen molar-refractivity contribution in [2.24, 2.45) is 0 Å². The number of aromatic carboxylic acids is 1. The normalized spacial score (nSPS) is 8.64. The molecule has 0 aliphatic carbocycles. The van der Waals surface area contributed by atoms with Crippen LogP contribution in [0.25, 0.3) is 0 Å². The zero-order chi connectivity index (χ0) is 9.84. The molecule has 1 aromatic carbocycles. The van der Waals surface area contributed by atoms with E-state index in [-0.39, 0.29) is 42.1 Å². The van der Waals surface area contributed by atoms with Gasteiger partial charge in [-0.3, -0.25) is 0 Å². The van der Waals surface area contributed by atoms with Gasteiger partial charge in [-0.2, -0.15) is 0 Å². The Hall–Kier alpha value is -0.410. The van der Waals surface area contributed by atoms with Gasteiger partial charge in [-0.05, 0) is 18.2 Å². The van der Waals surface area contributed by atoms with Crippen LogP contribution in [0.4, 0.5) is 0 Å². The van der Waals surface area contributed by atoms with Gasteiger partial charge >= 0.3 is 41.5 Å². The number of carboxylic acid groups (broad SMARTS) is 1. The summed E-state index contributed by atoms with van der Waals surface area (Å²) in [7, 11) is 1.81. The largest absolute Gasteiger partial charge is 1.00 e. The fourth-order valence-electron chi connectivity index (χ4n) is 0.847. The molecule has 4 nitrogen and oxygen atoms in total. The summed E-state index contributed by atoms with van der Waals surface area (Å²) < 4.78 is 4.36. The topological polar surface area (TPSA) is 63.6 Å². The molecule has 1 rings (SSSR count). The Morgan fingerprint density at radius 1 is 1.36 bits per heavy atom. The van der Waals surface area contributed by atoms with Gasteiger partial charge in [-0.1, -0.05) is 6.07 Å². The van der Waals surface area contributed by atoms with Crippen LogP contribution in [-0.4, -0.2) is 17.0 Å². The molecule has 6 heteroatoms. The van der Waals surface area contributed by atoms with Gasteiger partial charge in [0.05, 0.1) is 20.6 Å². The van der Waals surface area contributed by atoms with Crippen molar-refractivity contribution in [2.45, 2.75) is 0 Å². The summed E-state index contributed by atoms with van der Waals surface area (Å²) >= 11 is 0. The molecule has 0 heterocycles. The fraction of sp³-hybridized carbons (Fsp3) is 0. The van der Waals surface area contributed by atoms with Crippen LogP contribution in [0.2, 0.25) is 0 Å². The van der Waals surface area contributed by atoms with Gasteiger partial charge in [0.15, 0.2) is 0 Å². The Balaban J connectivity index is 0. The van der Waals surface area contributed by atoms with Crippen molar-refractivity contribution in [3.63, 3.8) is 0 Å². The third kappa shape index (κ3) is 3.39. The second-order valence-corrected chi connectivity index (χ2v) is 2.53. The molecule has 1 unspecified atom stereocenters. The van der Waals surface area contributed by atoms with Crippen LogP contribution in [0, 0.1) is 0 Å². The minimum atomic E-state index is -1.07. The first-order chi connectivity index (χ1) is 6.15. The molecule has 0 fully saturated rings. The summed E-state index contributed by atoms with van der Waals surface area (Å²) in [6, 6.07) is 5.63. The van der Waals surface area contributed by atoms with Crippen LogP contribution < -0.4 is 29.6 Å². The molecular formula is C8H8NaO4P. The Labute approximate surface area is 107 Å². The molecule has 1 atom stereocenters. The van der Waals surface area contributed by atoms with Gasteiger partial charge in [0.1, 0.15) is 0 Å². The van der Waals surface area contributed by atoms with Gasteiger partial charge in [0.2, 0.25) is 0 Å². The second-order valence-electron chi connectivity index (χ2n) is 2.29. The minimum absolute atomic E-state index is 0. The number of benzene rings is 1. The molecule has 0 saturated carbocycles. The Morgan fingerprint density at radius 2 is 1.93 bits per heavy atom. The summed E-state index contributed by atoms with van der Waals surface area (Å²) in [4.78, 5) is 21.5. The molecule has 0 aliphatic rings. The van der Waals surface area contributed by atoms with Crippen LogP contribution in [0.15, 0.2) is 24.3 Å². The number of carbonyl (C=O) groups excluding carboxylic acids is 1. The maximum Gasteiger partial charge on any atom is 1.00 e. The van der Waals surface area contributed by atoms with E-state index in [2.05, 4.69) is 4.52 Å². The van der Waals surface area contributed by atoms with Crippen molar-refractivity contribution in [1.29, 1.82) is 0 Å². The molecule has 0 aliphatic heterocycles. The number of hydrogen-bond acceptors (Lipinski definition) is 3. The van der Waals surface area contributed by atoms with E-state index in [0.717, 1.165) is 0 Å². The summed E-state index contributed by atoms with van der Waals surface area (Å²) in [6.07, 6.45) is 0. The van der Waals surface area contributed by atoms with Crippen LogP contribution in [0.1, 0.15) is 22.1 Å². The Morgan fingerprint density at radius 3 is 2.43 bits per heavy atom. The summed E-state index contributed by atoms with van der Waals surface area (Å²) in [5.74, 6) is -1.65. The van der Waals surface area contributed by atoms with Crippen LogP contribution >= 0.6 is 9.47 Å². The van der Waals surface area contributed by atoms with E-state index in [1.807, 2.05) is 9.47 Å². The van der Waals surface area contributed by atoms with Gasteiger partial charge < -0.3 is 11.1 Å². The maximum absolute atomic E-state index is 11.0. The molecule has 0 bridgehead atoms. The van der Waals surface area contributed by atoms with Gasteiger partial charge in [-0.25, -0.2) is 9.59 Å². The monoisotopic (exact) mass is 222 g/mol. The van der Waals surface area contributed by atoms with Gasteiger partial charge in [0.25, 0.3) is 0 Å². The van der Waals surface area contributed by atoms with Crippen LogP contribution in [0.3, 0.4) is 0 Å². The van der Waals surface area contributed by atoms with Gasteiger partial charge in [0, 0.05) is 0 Å². The Kier molecular flexibility index (Phi) is 5.96. The number of hydrogen-bond donors (Lipinski definition) is 1. The van der Waals surface area contributed by atoms with Crippen LogP contribution in [-0.2, 0) is 4.52 Å². The molecule has 1 aromatic rings. The SMILES string of the molecule is O=C(O)c1cccc(C(=O)OP)c1.[H-].[Na+]. The first-order valence-electron chi connectivity index (χ1n) is 3.39. The number of rotatable bonds is 2. The Bertz CT molecular complexity index is 358. The van der Waals surface area contributed by atoms with Crippen molar-refractivity contribution in [1.82, 2.24) is 0 Å². The molecule has 0 aromatic heterocycles. The van der Waals surface area contributed by atoms with E-state index in [0.29, 0.717) is 0 Å². The average Bonchev–Trinajstić information content (AvgIpc) is 2.17. The maximum atomic E-state index is 11.0. The molecular weight excluding hydrogens is 214 g/mol. The van der Waals surface area contributed by atoms with E-state index in [1.54, 1.807) is 0 Å². The average molecular weight is 222 g/mol. The molecule has 14 heavy (non-hydrogen) atoms. The molecule has 0 saturated heterocycles. The van der Waals surface area contributed by atoms with Crippen molar-refractivity contribution in [3.05, 3.63) is 35.4 Å². The van der Waals surface area contributed by atoms with Crippen LogP contribution in [0.5, 0.6) is 0 Å². The van der Waals surface area contributed by atoms with E-state index < -0.39 is 11.9 Å². The van der Waals surface area contributed by atoms with E-state index in [4.69, 9.17) is 5.11 Å². The quantitative estimate of drug-likeness (QED) is 0.486. The van der Waals surface area contributed by atoms with E-state index >= 15 is 0 Å². The zero-order valence-corrected chi connectivity index (χ0v) is 10.7. The standard InChI is InChI=1S/C8H7O4P.Na.H/c9-7(10)5-2-1-3-6(4-5)8(11)12-13;;/h1-4H,13H2,(H,9,10);;/q;+1;-1. The van der Waals surface area contributed by atoms with E-state index in [9.17, 15) is 9.59 Å². The molecule has 70 valence electrons. The molecule has 0 amide bonds. The van der Waals surface area contributed by atoms with Crippen molar-refractivity contribution < 1.29 is 50.2 Å². The number of carboxylic acids is 1. The predicted molar refractivity (Wildman–Crippen MR) is 49.6 cm³/mol. The smallest absolute Gasteiger partial charge is 1.00 e. The van der Waals surface area contributed by atoms with E-state index in [1.165, 1.54) is 24.3 Å². The summed E-state index contributed by atoms with van der Waals surface area (Å²) in [6.45, 7) is 0. The zero-order valence-electron chi connectivity index (χ0n) is 8.56. The fourth-order valence-corrected chi connectivity index (χ4v) is 0.983. The molecule has 1 N–H and O–H groups in total.